The number of ether oxygens (including phenoxy) is 2. The number of halogens is 3. The zero-order valence-electron chi connectivity index (χ0n) is 24.3. The van der Waals surface area contributed by atoms with Gasteiger partial charge < -0.3 is 9.47 Å². The molecule has 46 heavy (non-hydrogen) atoms. The average Bonchev–Trinajstić information content (AvgIpc) is 3.52. The van der Waals surface area contributed by atoms with Gasteiger partial charge in [-0.1, -0.05) is 75.2 Å². The second-order valence-electron chi connectivity index (χ2n) is 10.1. The molecule has 3 heterocycles. The van der Waals surface area contributed by atoms with E-state index in [1.807, 2.05) is 24.3 Å². The van der Waals surface area contributed by atoms with Gasteiger partial charge in [0.05, 0.1) is 24.2 Å². The normalized spacial score (nSPS) is 14.1. The van der Waals surface area contributed by atoms with Crippen molar-refractivity contribution in [2.24, 2.45) is 14.1 Å². The molecule has 0 aliphatic carbocycles. The molecule has 0 spiro atoms. The Morgan fingerprint density at radius 1 is 0.978 bits per heavy atom. The summed E-state index contributed by atoms with van der Waals surface area (Å²) in [6, 6.07) is 17.5. The Kier molecular flexibility index (Phi) is 8.87. The highest BCUT2D eigenvalue weighted by Crippen LogP contribution is 2.39. The highest BCUT2D eigenvalue weighted by atomic mass is 79.9. The maximum Gasteiger partial charge on any atom is 0.332 e. The molecule has 1 amide bonds. The van der Waals surface area contributed by atoms with Crippen molar-refractivity contribution in [2.45, 2.75) is 6.54 Å². The van der Waals surface area contributed by atoms with Crippen LogP contribution in [0.25, 0.3) is 17.2 Å². The van der Waals surface area contributed by atoms with Crippen LogP contribution in [0.3, 0.4) is 0 Å². The molecule has 234 valence electrons. The van der Waals surface area contributed by atoms with Crippen LogP contribution in [0.2, 0.25) is 10.0 Å². The lowest BCUT2D eigenvalue weighted by molar-refractivity contribution is -0.113. The number of thiocarbonyl (C=S) groups is 1. The molecule has 15 heteroatoms. The van der Waals surface area contributed by atoms with Crippen LogP contribution < -0.4 is 25.6 Å². The van der Waals surface area contributed by atoms with E-state index in [-0.39, 0.29) is 35.4 Å². The Labute approximate surface area is 289 Å². The van der Waals surface area contributed by atoms with Crippen molar-refractivity contribution >= 4 is 96.3 Å². The number of aryl methyl sites for hydroxylation is 1. The van der Waals surface area contributed by atoms with E-state index in [1.54, 1.807) is 47.0 Å². The number of amides is 1. The summed E-state index contributed by atoms with van der Waals surface area (Å²) in [5, 5.41) is 0.841. The lowest BCUT2D eigenvalue weighted by Gasteiger charge is -2.14. The van der Waals surface area contributed by atoms with Gasteiger partial charge in [-0.15, -0.1) is 0 Å². The van der Waals surface area contributed by atoms with Crippen LogP contribution in [0.4, 0.5) is 5.69 Å². The zero-order valence-corrected chi connectivity index (χ0v) is 29.0. The van der Waals surface area contributed by atoms with Gasteiger partial charge in [0.25, 0.3) is 11.5 Å². The molecule has 0 atom stereocenters. The van der Waals surface area contributed by atoms with E-state index in [9.17, 15) is 14.4 Å². The number of anilines is 1. The van der Waals surface area contributed by atoms with Crippen molar-refractivity contribution in [3.63, 3.8) is 0 Å². The van der Waals surface area contributed by atoms with Gasteiger partial charge in [0.1, 0.15) is 0 Å². The monoisotopic (exact) mass is 757 g/mol. The van der Waals surface area contributed by atoms with Crippen molar-refractivity contribution in [2.75, 3.05) is 12.0 Å². The third kappa shape index (κ3) is 5.89. The fourth-order valence-corrected chi connectivity index (χ4v) is 6.89. The topological polar surface area (TPSA) is 101 Å². The SMILES string of the molecule is COc1cc(/C=C2\SC(=S)N(c3ccc(Br)cc3)C2=O)ccc1Oc1nc2c(c(=O)n(C)c(=O)n2C)n1Cc1ccc(Cl)cc1Cl. The highest BCUT2D eigenvalue weighted by molar-refractivity contribution is 9.10. The molecule has 0 unspecified atom stereocenters. The Bertz CT molecular complexity index is 2230. The zero-order chi connectivity index (χ0) is 32.9. The number of hydrogen-bond acceptors (Lipinski definition) is 8. The number of benzene rings is 3. The highest BCUT2D eigenvalue weighted by Gasteiger charge is 2.33. The van der Waals surface area contributed by atoms with Crippen LogP contribution in [-0.4, -0.2) is 36.0 Å². The molecule has 3 aromatic carbocycles. The number of hydrogen-bond donors (Lipinski definition) is 0. The fourth-order valence-electron chi connectivity index (χ4n) is 4.86. The second-order valence-corrected chi connectivity index (χ2v) is 13.5. The first-order chi connectivity index (χ1) is 22.0. The van der Waals surface area contributed by atoms with Crippen molar-refractivity contribution < 1.29 is 14.3 Å². The van der Waals surface area contributed by atoms with Gasteiger partial charge in [-0.05, 0) is 65.7 Å². The van der Waals surface area contributed by atoms with Gasteiger partial charge in [-0.2, -0.15) is 4.98 Å². The minimum absolute atomic E-state index is 0.0285. The summed E-state index contributed by atoms with van der Waals surface area (Å²) in [6.45, 7) is 0.0931. The summed E-state index contributed by atoms with van der Waals surface area (Å²) in [7, 11) is 4.40. The lowest BCUT2D eigenvalue weighted by atomic mass is 10.2. The number of carbonyl (C=O) groups excluding carboxylic acids is 1. The van der Waals surface area contributed by atoms with Crippen LogP contribution in [0.1, 0.15) is 11.1 Å². The Morgan fingerprint density at radius 2 is 1.72 bits per heavy atom. The number of thioether (sulfide) groups is 1. The molecule has 0 radical (unpaired) electrons. The standard InChI is InChI=1S/C31H22BrCl2N5O5S2/c1-36-26-25(28(41)37(2)30(36)42)38(15-17-5-8-19(33)14-21(17)34)29(35-26)44-22-11-4-16(12-23(22)43-3)13-24-27(40)39(31(45)46-24)20-9-6-18(32)7-10-20/h4-14H,15H2,1-3H3/b24-13-. The molecule has 0 saturated carbocycles. The Hall–Kier alpha value is -3.88. The Balaban J connectivity index is 1.38. The summed E-state index contributed by atoms with van der Waals surface area (Å²) in [5.74, 6) is 0.378. The van der Waals surface area contributed by atoms with Crippen molar-refractivity contribution in [3.05, 3.63) is 112 Å². The van der Waals surface area contributed by atoms with Crippen LogP contribution in [0, 0.1) is 0 Å². The number of methoxy groups -OCH3 is 1. The van der Waals surface area contributed by atoms with Crippen LogP contribution in [0.15, 0.2) is 79.6 Å². The number of imidazole rings is 1. The molecule has 1 saturated heterocycles. The average molecular weight is 759 g/mol. The molecule has 2 aromatic heterocycles. The van der Waals surface area contributed by atoms with Gasteiger partial charge in [0.2, 0.25) is 0 Å². The molecular formula is C31H22BrCl2N5O5S2. The molecule has 10 nitrogen and oxygen atoms in total. The molecule has 5 aromatic rings. The van der Waals surface area contributed by atoms with E-state index >= 15 is 0 Å². The summed E-state index contributed by atoms with van der Waals surface area (Å²) >= 11 is 22.7. The van der Waals surface area contributed by atoms with Crippen molar-refractivity contribution in [1.82, 2.24) is 18.7 Å². The number of fused-ring (bicyclic) bond motifs is 1. The number of nitrogens with zero attached hydrogens (tertiary/aromatic N) is 5. The predicted molar refractivity (Wildman–Crippen MR) is 189 cm³/mol. The van der Waals surface area contributed by atoms with Crippen LogP contribution in [0.5, 0.6) is 17.5 Å². The summed E-state index contributed by atoms with van der Waals surface area (Å²) < 4.78 is 17.0. The van der Waals surface area contributed by atoms with Gasteiger partial charge in [-0.3, -0.25) is 28.2 Å². The predicted octanol–water partition coefficient (Wildman–Crippen LogP) is 6.76. The second kappa shape index (κ2) is 12.7. The van der Waals surface area contributed by atoms with Crippen molar-refractivity contribution in [3.8, 4) is 17.5 Å². The summed E-state index contributed by atoms with van der Waals surface area (Å²) in [4.78, 5) is 45.8. The third-order valence-corrected chi connectivity index (χ3v) is 9.64. The molecule has 1 fully saturated rings. The van der Waals surface area contributed by atoms with E-state index in [4.69, 9.17) is 44.9 Å². The number of rotatable bonds is 7. The molecule has 0 bridgehead atoms. The van der Waals surface area contributed by atoms with E-state index in [2.05, 4.69) is 20.9 Å². The largest absolute Gasteiger partial charge is 0.493 e. The minimum atomic E-state index is -0.548. The quantitative estimate of drug-likeness (QED) is 0.133. The van der Waals surface area contributed by atoms with Gasteiger partial charge >= 0.3 is 11.7 Å². The van der Waals surface area contributed by atoms with Gasteiger partial charge in [0, 0.05) is 28.6 Å². The minimum Gasteiger partial charge on any atom is -0.493 e. The van der Waals surface area contributed by atoms with Gasteiger partial charge in [0.15, 0.2) is 27.0 Å². The number of carbonyl (C=O) groups is 1. The first-order valence-electron chi connectivity index (χ1n) is 13.5. The lowest BCUT2D eigenvalue weighted by Crippen LogP contribution is -2.37. The van der Waals surface area contributed by atoms with Crippen molar-refractivity contribution in [1.29, 1.82) is 0 Å². The fraction of sp³-hybridized carbons (Fsp3) is 0.129. The number of aromatic nitrogens is 4. The van der Waals surface area contributed by atoms with E-state index < -0.39 is 11.2 Å². The molecule has 6 rings (SSSR count). The third-order valence-electron chi connectivity index (χ3n) is 7.22. The van der Waals surface area contributed by atoms with E-state index in [1.165, 1.54) is 42.4 Å². The smallest absolute Gasteiger partial charge is 0.332 e. The van der Waals surface area contributed by atoms with Crippen LogP contribution in [-0.2, 0) is 25.4 Å². The maximum atomic E-state index is 13.3. The van der Waals surface area contributed by atoms with E-state index in [0.717, 1.165) is 9.04 Å². The molecule has 1 aliphatic rings. The molecular weight excluding hydrogens is 737 g/mol. The Morgan fingerprint density at radius 3 is 2.41 bits per heavy atom. The maximum absolute atomic E-state index is 13.3. The first-order valence-corrected chi connectivity index (χ1v) is 16.2. The summed E-state index contributed by atoms with van der Waals surface area (Å²) in [5.41, 5.74) is 1.18. The molecule has 1 aliphatic heterocycles. The summed E-state index contributed by atoms with van der Waals surface area (Å²) in [6.07, 6.45) is 1.72. The van der Waals surface area contributed by atoms with Crippen LogP contribution >= 0.6 is 63.1 Å². The molecule has 0 N–H and O–H groups in total. The van der Waals surface area contributed by atoms with Gasteiger partial charge in [-0.25, -0.2) is 4.79 Å². The first kappa shape index (κ1) is 32.1. The van der Waals surface area contributed by atoms with E-state index in [0.29, 0.717) is 41.8 Å².